The third kappa shape index (κ3) is 5.26. The van der Waals surface area contributed by atoms with E-state index in [2.05, 4.69) is 5.32 Å². The summed E-state index contributed by atoms with van der Waals surface area (Å²) in [5, 5.41) is 2.64. The Morgan fingerprint density at radius 3 is 2.64 bits per heavy atom. The van der Waals surface area contributed by atoms with Crippen molar-refractivity contribution in [2.45, 2.75) is 12.7 Å². The van der Waals surface area contributed by atoms with E-state index in [9.17, 15) is 18.0 Å². The number of amides is 1. The molecular weight excluding hydrogens is 375 g/mol. The van der Waals surface area contributed by atoms with Gasteiger partial charge in [-0.2, -0.15) is 13.2 Å². The number of alkyl halides is 3. The number of nitrogens with one attached hydrogen (secondary N) is 1. The maximum atomic E-state index is 13.1. The van der Waals surface area contributed by atoms with Gasteiger partial charge in [-0.15, -0.1) is 0 Å². The van der Waals surface area contributed by atoms with Crippen LogP contribution in [-0.4, -0.2) is 50.7 Å². The summed E-state index contributed by atoms with van der Waals surface area (Å²) in [6.45, 7) is 2.50. The molecule has 1 N–H and O–H groups in total. The summed E-state index contributed by atoms with van der Waals surface area (Å²) in [7, 11) is 1.73. The molecule has 1 aliphatic rings. The lowest BCUT2D eigenvalue weighted by Gasteiger charge is -2.31. The number of morpholine rings is 1. The van der Waals surface area contributed by atoms with Gasteiger partial charge >= 0.3 is 6.18 Å². The van der Waals surface area contributed by atoms with Gasteiger partial charge in [-0.25, -0.2) is 0 Å². The summed E-state index contributed by atoms with van der Waals surface area (Å²) in [6.07, 6.45) is -2.94. The Bertz CT molecular complexity index is 787. The van der Waals surface area contributed by atoms with Crippen molar-refractivity contribution in [3.05, 3.63) is 47.9 Å². The van der Waals surface area contributed by atoms with Gasteiger partial charge in [0.25, 0.3) is 0 Å². The molecule has 2 aromatic rings. The number of furan rings is 1. The summed E-state index contributed by atoms with van der Waals surface area (Å²) in [4.78, 5) is 16.1. The molecule has 3 rings (SSSR count). The molecule has 1 fully saturated rings. The van der Waals surface area contributed by atoms with Gasteiger partial charge in [-0.05, 0) is 37.4 Å². The van der Waals surface area contributed by atoms with Crippen LogP contribution in [0.2, 0.25) is 0 Å². The van der Waals surface area contributed by atoms with E-state index in [1.807, 2.05) is 4.90 Å². The van der Waals surface area contributed by atoms with Crippen LogP contribution in [0.3, 0.4) is 0 Å². The van der Waals surface area contributed by atoms with Crippen molar-refractivity contribution in [1.29, 1.82) is 0 Å². The number of nitrogens with zero attached hydrogens (tertiary/aromatic N) is 2. The fourth-order valence-corrected chi connectivity index (χ4v) is 3.05. The summed E-state index contributed by atoms with van der Waals surface area (Å²) in [5.41, 5.74) is -0.102. The third-order valence-corrected chi connectivity index (χ3v) is 4.37. The Morgan fingerprint density at radius 2 is 2.00 bits per heavy atom. The number of hydrogen-bond acceptors (Lipinski definition) is 5. The normalized spacial score (nSPS) is 15.1. The Kier molecular flexibility index (Phi) is 6.25. The first-order chi connectivity index (χ1) is 13.3. The molecule has 0 atom stereocenters. The number of anilines is 2. The quantitative estimate of drug-likeness (QED) is 0.811. The molecule has 0 radical (unpaired) electrons. The Labute approximate surface area is 160 Å². The zero-order chi connectivity index (χ0) is 20.1. The van der Waals surface area contributed by atoms with Crippen LogP contribution in [-0.2, 0) is 22.3 Å². The average Bonchev–Trinajstić information content (AvgIpc) is 3.14. The van der Waals surface area contributed by atoms with E-state index < -0.39 is 17.6 Å². The topological polar surface area (TPSA) is 58.0 Å². The van der Waals surface area contributed by atoms with Gasteiger partial charge in [0.05, 0.1) is 49.5 Å². The molecule has 152 valence electrons. The first-order valence-corrected chi connectivity index (χ1v) is 8.87. The lowest BCUT2D eigenvalue weighted by Crippen LogP contribution is -2.37. The molecule has 0 saturated carbocycles. The van der Waals surface area contributed by atoms with Crippen molar-refractivity contribution in [3.8, 4) is 0 Å². The van der Waals surface area contributed by atoms with Crippen molar-refractivity contribution in [2.75, 3.05) is 50.1 Å². The van der Waals surface area contributed by atoms with Gasteiger partial charge in [0.15, 0.2) is 0 Å². The van der Waals surface area contributed by atoms with Gasteiger partial charge in [0.2, 0.25) is 5.91 Å². The van der Waals surface area contributed by atoms with Crippen molar-refractivity contribution in [3.63, 3.8) is 0 Å². The van der Waals surface area contributed by atoms with E-state index in [4.69, 9.17) is 9.15 Å². The minimum Gasteiger partial charge on any atom is -0.468 e. The third-order valence-electron chi connectivity index (χ3n) is 4.37. The SMILES string of the molecule is CN(CC(=O)Nc1cc(C(F)(F)F)ccc1N1CCOCC1)Cc1ccco1. The molecule has 1 amide bonds. The lowest BCUT2D eigenvalue weighted by atomic mass is 10.1. The Hall–Kier alpha value is -2.52. The number of halogens is 3. The molecule has 0 spiro atoms. The van der Waals surface area contributed by atoms with Crippen LogP contribution < -0.4 is 10.2 Å². The Balaban J connectivity index is 1.74. The highest BCUT2D eigenvalue weighted by Crippen LogP contribution is 2.35. The smallest absolute Gasteiger partial charge is 0.416 e. The van der Waals surface area contributed by atoms with Gasteiger partial charge in [0.1, 0.15) is 5.76 Å². The molecule has 2 heterocycles. The second kappa shape index (κ2) is 8.66. The number of likely N-dealkylation sites (N-methyl/N-ethyl adjacent to an activating group) is 1. The van der Waals surface area contributed by atoms with Gasteiger partial charge < -0.3 is 19.4 Å². The summed E-state index contributed by atoms with van der Waals surface area (Å²) >= 11 is 0. The minimum atomic E-state index is -4.49. The number of carbonyl (C=O) groups is 1. The van der Waals surface area contributed by atoms with Crippen molar-refractivity contribution >= 4 is 17.3 Å². The fraction of sp³-hybridized carbons (Fsp3) is 0.421. The van der Waals surface area contributed by atoms with Crippen molar-refractivity contribution in [2.24, 2.45) is 0 Å². The first kappa shape index (κ1) is 20.2. The largest absolute Gasteiger partial charge is 0.468 e. The molecule has 0 unspecified atom stereocenters. The molecule has 1 aliphatic heterocycles. The van der Waals surface area contributed by atoms with E-state index in [-0.39, 0.29) is 12.2 Å². The zero-order valence-electron chi connectivity index (χ0n) is 15.5. The van der Waals surface area contributed by atoms with Crippen molar-refractivity contribution in [1.82, 2.24) is 4.90 Å². The second-order valence-electron chi connectivity index (χ2n) is 6.63. The highest BCUT2D eigenvalue weighted by atomic mass is 19.4. The number of benzene rings is 1. The van der Waals surface area contributed by atoms with Crippen LogP contribution in [0.15, 0.2) is 41.0 Å². The molecule has 1 aromatic heterocycles. The maximum Gasteiger partial charge on any atom is 0.416 e. The van der Waals surface area contributed by atoms with E-state index in [0.29, 0.717) is 44.3 Å². The summed E-state index contributed by atoms with van der Waals surface area (Å²) in [6, 6.07) is 6.95. The average molecular weight is 397 g/mol. The molecule has 1 saturated heterocycles. The van der Waals surface area contributed by atoms with Gasteiger partial charge in [0, 0.05) is 13.1 Å². The minimum absolute atomic E-state index is 0.0134. The number of ether oxygens (including phenoxy) is 1. The number of carbonyl (C=O) groups excluding carboxylic acids is 1. The number of hydrogen-bond donors (Lipinski definition) is 1. The van der Waals surface area contributed by atoms with Crippen LogP contribution in [0.4, 0.5) is 24.5 Å². The zero-order valence-corrected chi connectivity index (χ0v) is 15.5. The van der Waals surface area contributed by atoms with E-state index in [1.54, 1.807) is 30.3 Å². The van der Waals surface area contributed by atoms with E-state index in [0.717, 1.165) is 12.1 Å². The predicted molar refractivity (Wildman–Crippen MR) is 98.1 cm³/mol. The second-order valence-corrected chi connectivity index (χ2v) is 6.63. The van der Waals surface area contributed by atoms with Crippen molar-refractivity contribution < 1.29 is 27.1 Å². The molecular formula is C19H22F3N3O3. The lowest BCUT2D eigenvalue weighted by molar-refractivity contribution is -0.137. The van der Waals surface area contributed by atoms with Crippen LogP contribution in [0.5, 0.6) is 0 Å². The van der Waals surface area contributed by atoms with E-state index >= 15 is 0 Å². The number of rotatable bonds is 6. The maximum absolute atomic E-state index is 13.1. The van der Waals surface area contributed by atoms with Crippen LogP contribution >= 0.6 is 0 Å². The standard InChI is InChI=1S/C19H22F3N3O3/c1-24(12-15-3-2-8-28-15)13-18(26)23-16-11-14(19(20,21)22)4-5-17(16)25-6-9-27-10-7-25/h2-5,8,11H,6-7,9-10,12-13H2,1H3,(H,23,26). The summed E-state index contributed by atoms with van der Waals surface area (Å²) in [5.74, 6) is 0.297. The first-order valence-electron chi connectivity index (χ1n) is 8.87. The molecule has 28 heavy (non-hydrogen) atoms. The highest BCUT2D eigenvalue weighted by molar-refractivity contribution is 5.95. The fourth-order valence-electron chi connectivity index (χ4n) is 3.05. The molecule has 6 nitrogen and oxygen atoms in total. The molecule has 1 aromatic carbocycles. The van der Waals surface area contributed by atoms with Crippen LogP contribution in [0.1, 0.15) is 11.3 Å². The molecule has 0 bridgehead atoms. The van der Waals surface area contributed by atoms with Crippen LogP contribution in [0, 0.1) is 0 Å². The van der Waals surface area contributed by atoms with Gasteiger partial charge in [-0.1, -0.05) is 0 Å². The van der Waals surface area contributed by atoms with Gasteiger partial charge in [-0.3, -0.25) is 9.69 Å². The Morgan fingerprint density at radius 1 is 1.25 bits per heavy atom. The van der Waals surface area contributed by atoms with E-state index in [1.165, 1.54) is 6.07 Å². The van der Waals surface area contributed by atoms with Crippen LogP contribution in [0.25, 0.3) is 0 Å². The highest BCUT2D eigenvalue weighted by Gasteiger charge is 2.32. The molecule has 9 heteroatoms. The monoisotopic (exact) mass is 397 g/mol. The predicted octanol–water partition coefficient (Wildman–Crippen LogP) is 3.21. The summed E-state index contributed by atoms with van der Waals surface area (Å²) < 4.78 is 49.9. The molecule has 0 aliphatic carbocycles.